The number of rotatable bonds is 4. The maximum absolute atomic E-state index is 11.2. The number of ether oxygens (including phenoxy) is 2. The molecule has 5 heteroatoms. The molecule has 2 aromatic carbocycles. The van der Waals surface area contributed by atoms with Crippen LogP contribution in [0, 0.1) is 6.92 Å². The van der Waals surface area contributed by atoms with Gasteiger partial charge in [-0.2, -0.15) is 0 Å². The van der Waals surface area contributed by atoms with E-state index in [0.717, 1.165) is 5.56 Å². The Morgan fingerprint density at radius 1 is 1.15 bits per heavy atom. The molecule has 0 radical (unpaired) electrons. The predicted octanol–water partition coefficient (Wildman–Crippen LogP) is 4.26. The molecule has 0 saturated heterocycles. The van der Waals surface area contributed by atoms with Gasteiger partial charge in [-0.1, -0.05) is 11.6 Å². The predicted molar refractivity (Wildman–Crippen MR) is 78.9 cm³/mol. The topological polar surface area (TPSA) is 55.8 Å². The molecular weight excluding hydrogens is 324 g/mol. The van der Waals surface area contributed by atoms with E-state index in [1.807, 2.05) is 6.92 Å². The first-order valence-corrected chi connectivity index (χ1v) is 6.66. The van der Waals surface area contributed by atoms with Crippen LogP contribution in [0.3, 0.4) is 0 Å². The van der Waals surface area contributed by atoms with Gasteiger partial charge in [0.2, 0.25) is 0 Å². The Morgan fingerprint density at radius 3 is 2.45 bits per heavy atom. The molecule has 4 nitrogen and oxygen atoms in total. The maximum atomic E-state index is 11.2. The minimum Gasteiger partial charge on any atom is -0.497 e. The average molecular weight is 337 g/mol. The summed E-state index contributed by atoms with van der Waals surface area (Å²) in [6, 6.07) is 10.2. The quantitative estimate of drug-likeness (QED) is 0.906. The summed E-state index contributed by atoms with van der Waals surface area (Å²) in [5.41, 5.74) is 0.997. The molecular formula is C15H13BrO4. The molecule has 0 aliphatic heterocycles. The first-order valence-electron chi connectivity index (χ1n) is 5.86. The van der Waals surface area contributed by atoms with Crippen molar-refractivity contribution in [2.45, 2.75) is 6.92 Å². The summed E-state index contributed by atoms with van der Waals surface area (Å²) in [7, 11) is 1.57. The van der Waals surface area contributed by atoms with E-state index in [9.17, 15) is 9.90 Å². The number of carboxylic acids is 1. The van der Waals surface area contributed by atoms with Gasteiger partial charge in [0.25, 0.3) is 0 Å². The molecule has 2 aromatic rings. The van der Waals surface area contributed by atoms with Crippen LogP contribution in [0.25, 0.3) is 0 Å². The van der Waals surface area contributed by atoms with Gasteiger partial charge < -0.3 is 14.6 Å². The third-order valence-electron chi connectivity index (χ3n) is 2.72. The van der Waals surface area contributed by atoms with E-state index in [1.165, 1.54) is 0 Å². The standard InChI is InChI=1S/C15H13BrO4/c1-9-3-5-13(11(7-9)15(17)18)20-14-6-4-10(19-2)8-12(14)16/h3-8H,1-2H3,(H,17,18). The first-order chi connectivity index (χ1) is 9.51. The Bertz CT molecular complexity index is 652. The van der Waals surface area contributed by atoms with Gasteiger partial charge in [-0.25, -0.2) is 4.79 Å². The highest BCUT2D eigenvalue weighted by Crippen LogP contribution is 2.34. The zero-order valence-electron chi connectivity index (χ0n) is 11.0. The monoisotopic (exact) mass is 336 g/mol. The number of carboxylic acid groups (broad SMARTS) is 1. The lowest BCUT2D eigenvalue weighted by atomic mass is 10.1. The molecule has 0 aromatic heterocycles. The lowest BCUT2D eigenvalue weighted by Gasteiger charge is -2.11. The Kier molecular flexibility index (Phi) is 4.29. The summed E-state index contributed by atoms with van der Waals surface area (Å²) >= 11 is 3.37. The molecule has 0 aliphatic rings. The lowest BCUT2D eigenvalue weighted by Crippen LogP contribution is -2.00. The normalized spacial score (nSPS) is 10.2. The lowest BCUT2D eigenvalue weighted by molar-refractivity contribution is 0.0694. The number of hydrogen-bond donors (Lipinski definition) is 1. The number of carbonyl (C=O) groups is 1. The van der Waals surface area contributed by atoms with Gasteiger partial charge in [-0.15, -0.1) is 0 Å². The molecule has 2 rings (SSSR count). The van der Waals surface area contributed by atoms with E-state index in [2.05, 4.69) is 15.9 Å². The van der Waals surface area contributed by atoms with Crippen molar-refractivity contribution in [2.75, 3.05) is 7.11 Å². The Morgan fingerprint density at radius 2 is 1.85 bits per heavy atom. The fourth-order valence-electron chi connectivity index (χ4n) is 1.71. The first kappa shape index (κ1) is 14.4. The summed E-state index contributed by atoms with van der Waals surface area (Å²) in [6.45, 7) is 1.83. The number of aryl methyl sites for hydroxylation is 1. The molecule has 0 bridgehead atoms. The van der Waals surface area contributed by atoms with E-state index in [4.69, 9.17) is 9.47 Å². The zero-order valence-corrected chi connectivity index (χ0v) is 12.6. The molecule has 1 N–H and O–H groups in total. The van der Waals surface area contributed by atoms with Crippen molar-refractivity contribution in [2.24, 2.45) is 0 Å². The van der Waals surface area contributed by atoms with Gasteiger partial charge in [-0.3, -0.25) is 0 Å². The van der Waals surface area contributed by atoms with Crippen LogP contribution < -0.4 is 9.47 Å². The summed E-state index contributed by atoms with van der Waals surface area (Å²) in [5.74, 6) is 0.492. The molecule has 0 aliphatic carbocycles. The molecule has 0 fully saturated rings. The second-order valence-corrected chi connectivity index (χ2v) is 5.06. The highest BCUT2D eigenvalue weighted by molar-refractivity contribution is 9.10. The molecule has 0 unspecified atom stereocenters. The second-order valence-electron chi connectivity index (χ2n) is 4.20. The van der Waals surface area contributed by atoms with Crippen LogP contribution in [0.1, 0.15) is 15.9 Å². The fourth-order valence-corrected chi connectivity index (χ4v) is 2.15. The van der Waals surface area contributed by atoms with Crippen LogP contribution >= 0.6 is 15.9 Å². The number of hydrogen-bond acceptors (Lipinski definition) is 3. The van der Waals surface area contributed by atoms with E-state index < -0.39 is 5.97 Å². The van der Waals surface area contributed by atoms with Crippen molar-refractivity contribution in [3.63, 3.8) is 0 Å². The zero-order chi connectivity index (χ0) is 14.7. The van der Waals surface area contributed by atoms with Crippen LogP contribution in [0.15, 0.2) is 40.9 Å². The highest BCUT2D eigenvalue weighted by Gasteiger charge is 2.13. The van der Waals surface area contributed by atoms with Crippen molar-refractivity contribution in [3.05, 3.63) is 52.0 Å². The van der Waals surface area contributed by atoms with Crippen LogP contribution in [0.5, 0.6) is 17.2 Å². The Balaban J connectivity index is 2.37. The van der Waals surface area contributed by atoms with E-state index >= 15 is 0 Å². The van der Waals surface area contributed by atoms with Crippen LogP contribution in [-0.2, 0) is 0 Å². The van der Waals surface area contributed by atoms with E-state index in [0.29, 0.717) is 21.7 Å². The highest BCUT2D eigenvalue weighted by atomic mass is 79.9. The average Bonchev–Trinajstić information content (AvgIpc) is 2.42. The smallest absolute Gasteiger partial charge is 0.339 e. The van der Waals surface area contributed by atoms with Crippen molar-refractivity contribution < 1.29 is 19.4 Å². The molecule has 0 saturated carbocycles. The van der Waals surface area contributed by atoms with Crippen molar-refractivity contribution in [3.8, 4) is 17.2 Å². The summed E-state index contributed by atoms with van der Waals surface area (Å²) in [4.78, 5) is 11.2. The van der Waals surface area contributed by atoms with Gasteiger partial charge in [0, 0.05) is 0 Å². The summed E-state index contributed by atoms with van der Waals surface area (Å²) in [5, 5.41) is 9.21. The molecule has 0 spiro atoms. The Hall–Kier alpha value is -2.01. The molecule has 20 heavy (non-hydrogen) atoms. The van der Waals surface area contributed by atoms with Crippen molar-refractivity contribution >= 4 is 21.9 Å². The van der Waals surface area contributed by atoms with Crippen LogP contribution in [0.4, 0.5) is 0 Å². The second kappa shape index (κ2) is 5.96. The molecule has 0 heterocycles. The van der Waals surface area contributed by atoms with Crippen molar-refractivity contribution in [1.82, 2.24) is 0 Å². The van der Waals surface area contributed by atoms with Gasteiger partial charge in [-0.05, 0) is 53.2 Å². The van der Waals surface area contributed by atoms with Gasteiger partial charge in [0.15, 0.2) is 0 Å². The molecule has 0 atom stereocenters. The van der Waals surface area contributed by atoms with E-state index in [-0.39, 0.29) is 5.56 Å². The summed E-state index contributed by atoms with van der Waals surface area (Å²) in [6.07, 6.45) is 0. The third kappa shape index (κ3) is 3.11. The van der Waals surface area contributed by atoms with Crippen molar-refractivity contribution in [1.29, 1.82) is 0 Å². The minimum absolute atomic E-state index is 0.132. The number of methoxy groups -OCH3 is 1. The molecule has 0 amide bonds. The van der Waals surface area contributed by atoms with Crippen LogP contribution in [0.2, 0.25) is 0 Å². The summed E-state index contributed by atoms with van der Waals surface area (Å²) < 4.78 is 11.5. The van der Waals surface area contributed by atoms with E-state index in [1.54, 1.807) is 43.5 Å². The SMILES string of the molecule is COc1ccc(Oc2ccc(C)cc2C(=O)O)c(Br)c1. The third-order valence-corrected chi connectivity index (χ3v) is 3.34. The Labute approximate surface area is 125 Å². The fraction of sp³-hybridized carbons (Fsp3) is 0.133. The molecule has 104 valence electrons. The van der Waals surface area contributed by atoms with Gasteiger partial charge in [0.05, 0.1) is 11.6 Å². The maximum Gasteiger partial charge on any atom is 0.339 e. The number of aromatic carboxylic acids is 1. The minimum atomic E-state index is -1.02. The number of benzene rings is 2. The van der Waals surface area contributed by atoms with Gasteiger partial charge >= 0.3 is 5.97 Å². The number of halogens is 1. The van der Waals surface area contributed by atoms with Crippen LogP contribution in [-0.4, -0.2) is 18.2 Å². The van der Waals surface area contributed by atoms with Gasteiger partial charge in [0.1, 0.15) is 22.8 Å². The largest absolute Gasteiger partial charge is 0.497 e.